The van der Waals surface area contributed by atoms with E-state index in [2.05, 4.69) is 15.4 Å². The van der Waals surface area contributed by atoms with E-state index in [0.717, 1.165) is 10.7 Å². The second-order valence-corrected chi connectivity index (χ2v) is 5.02. The molecule has 3 aromatic heterocycles. The monoisotopic (exact) mass is 277 g/mol. The van der Waals surface area contributed by atoms with Crippen molar-refractivity contribution < 1.29 is 4.39 Å². The molecule has 0 amide bonds. The number of halogens is 1. The Morgan fingerprint density at radius 2 is 2.42 bits per heavy atom. The van der Waals surface area contributed by atoms with Gasteiger partial charge in [-0.1, -0.05) is 0 Å². The van der Waals surface area contributed by atoms with Crippen LogP contribution in [0.5, 0.6) is 0 Å². The van der Waals surface area contributed by atoms with Crippen molar-refractivity contribution in [3.63, 3.8) is 0 Å². The molecule has 0 radical (unpaired) electrons. The van der Waals surface area contributed by atoms with Crippen molar-refractivity contribution in [2.75, 3.05) is 0 Å². The predicted molar refractivity (Wildman–Crippen MR) is 71.0 cm³/mol. The Bertz CT molecular complexity index is 664. The summed E-state index contributed by atoms with van der Waals surface area (Å²) in [7, 11) is 0. The van der Waals surface area contributed by atoms with Crippen LogP contribution in [0.1, 0.15) is 17.3 Å². The molecule has 98 valence electrons. The Morgan fingerprint density at radius 1 is 1.53 bits per heavy atom. The topological polar surface area (TPSA) is 68.2 Å². The van der Waals surface area contributed by atoms with Crippen LogP contribution in [-0.4, -0.2) is 14.4 Å². The molecule has 3 heterocycles. The number of aromatic nitrogens is 3. The van der Waals surface area contributed by atoms with Crippen molar-refractivity contribution in [2.45, 2.75) is 12.5 Å². The van der Waals surface area contributed by atoms with Crippen LogP contribution in [-0.2, 0) is 6.42 Å². The highest BCUT2D eigenvalue weighted by atomic mass is 32.1. The molecular weight excluding hydrogens is 265 g/mol. The largest absolute Gasteiger partial charge is 0.297 e. The van der Waals surface area contributed by atoms with Gasteiger partial charge in [-0.2, -0.15) is 0 Å². The zero-order valence-corrected chi connectivity index (χ0v) is 10.8. The van der Waals surface area contributed by atoms with E-state index in [1.165, 1.54) is 6.20 Å². The predicted octanol–water partition coefficient (Wildman–Crippen LogP) is 1.68. The minimum atomic E-state index is -0.369. The molecule has 0 aromatic carbocycles. The number of hydrogen-bond acceptors (Lipinski definition) is 5. The van der Waals surface area contributed by atoms with Crippen molar-refractivity contribution in [3.05, 3.63) is 53.3 Å². The first-order chi connectivity index (χ1) is 9.28. The fourth-order valence-corrected chi connectivity index (χ4v) is 2.73. The van der Waals surface area contributed by atoms with Crippen molar-refractivity contribution in [1.29, 1.82) is 0 Å². The summed E-state index contributed by atoms with van der Waals surface area (Å²) in [4.78, 5) is 9.11. The van der Waals surface area contributed by atoms with E-state index >= 15 is 0 Å². The van der Waals surface area contributed by atoms with E-state index < -0.39 is 0 Å². The molecule has 0 spiro atoms. The molecule has 0 bridgehead atoms. The van der Waals surface area contributed by atoms with Gasteiger partial charge in [0.2, 0.25) is 0 Å². The zero-order valence-electron chi connectivity index (χ0n) is 9.95. The van der Waals surface area contributed by atoms with Gasteiger partial charge in [0.15, 0.2) is 4.96 Å². The van der Waals surface area contributed by atoms with Gasteiger partial charge in [0.25, 0.3) is 0 Å². The van der Waals surface area contributed by atoms with Crippen molar-refractivity contribution in [1.82, 2.24) is 19.8 Å². The van der Waals surface area contributed by atoms with Gasteiger partial charge in [-0.05, 0) is 6.07 Å². The average molecular weight is 277 g/mol. The fourth-order valence-electron chi connectivity index (χ4n) is 2.01. The van der Waals surface area contributed by atoms with Crippen molar-refractivity contribution in [3.8, 4) is 0 Å². The molecule has 3 rings (SSSR count). The lowest BCUT2D eigenvalue weighted by molar-refractivity contribution is 0.505. The van der Waals surface area contributed by atoms with Crippen LogP contribution >= 0.6 is 11.3 Å². The third kappa shape index (κ3) is 2.35. The number of hydrogen-bond donors (Lipinski definition) is 2. The quantitative estimate of drug-likeness (QED) is 0.562. The molecule has 3 N–H and O–H groups in total. The van der Waals surface area contributed by atoms with Crippen LogP contribution in [0.25, 0.3) is 4.96 Å². The number of rotatable bonds is 4. The van der Waals surface area contributed by atoms with Gasteiger partial charge in [0.1, 0.15) is 5.82 Å². The van der Waals surface area contributed by atoms with Crippen LogP contribution in [0.4, 0.5) is 4.39 Å². The van der Waals surface area contributed by atoms with E-state index in [4.69, 9.17) is 5.84 Å². The number of thiazole rings is 1. The number of fused-ring (bicyclic) bond motifs is 1. The highest BCUT2D eigenvalue weighted by molar-refractivity contribution is 7.15. The van der Waals surface area contributed by atoms with Gasteiger partial charge in [0.05, 0.1) is 17.9 Å². The van der Waals surface area contributed by atoms with Crippen LogP contribution in [0.2, 0.25) is 0 Å². The summed E-state index contributed by atoms with van der Waals surface area (Å²) < 4.78 is 15.6. The molecule has 5 nitrogen and oxygen atoms in total. The van der Waals surface area contributed by atoms with Crippen molar-refractivity contribution >= 4 is 16.3 Å². The Labute approximate surface area is 112 Å². The molecule has 7 heteroatoms. The van der Waals surface area contributed by atoms with Gasteiger partial charge in [-0.25, -0.2) is 9.37 Å². The minimum Gasteiger partial charge on any atom is -0.297 e. The third-order valence-electron chi connectivity index (χ3n) is 2.94. The number of nitrogens with one attached hydrogen (secondary N) is 1. The molecule has 1 atom stereocenters. The van der Waals surface area contributed by atoms with Gasteiger partial charge in [0, 0.05) is 36.0 Å². The molecule has 0 aliphatic heterocycles. The molecule has 0 saturated heterocycles. The lowest BCUT2D eigenvalue weighted by Gasteiger charge is -2.15. The maximum absolute atomic E-state index is 13.7. The Hall–Kier alpha value is -1.83. The summed E-state index contributed by atoms with van der Waals surface area (Å²) in [6.07, 6.45) is 7.12. The highest BCUT2D eigenvalue weighted by Crippen LogP contribution is 2.20. The minimum absolute atomic E-state index is 0.326. The second kappa shape index (κ2) is 5.04. The first kappa shape index (κ1) is 12.2. The molecule has 0 aliphatic rings. The van der Waals surface area contributed by atoms with Crippen molar-refractivity contribution in [2.24, 2.45) is 5.84 Å². The fraction of sp³-hybridized carbons (Fsp3) is 0.167. The smallest absolute Gasteiger partial charge is 0.193 e. The summed E-state index contributed by atoms with van der Waals surface area (Å²) in [5, 5.41) is 1.97. The molecule has 0 aliphatic carbocycles. The number of pyridine rings is 1. The molecule has 3 aromatic rings. The maximum atomic E-state index is 13.7. The summed E-state index contributed by atoms with van der Waals surface area (Å²) in [5.74, 6) is 5.15. The standard InChI is InChI=1S/C12H12FN5S/c13-10-6-15-2-1-9(10)11(17-14)5-8-7-18-3-4-19-12(18)16-8/h1-4,6-7,11,17H,5,14H2. The lowest BCUT2D eigenvalue weighted by atomic mass is 10.0. The highest BCUT2D eigenvalue weighted by Gasteiger charge is 2.16. The number of nitrogens with two attached hydrogens (primary N) is 1. The van der Waals surface area contributed by atoms with E-state index in [-0.39, 0.29) is 11.9 Å². The Morgan fingerprint density at radius 3 is 3.16 bits per heavy atom. The molecule has 0 fully saturated rings. The summed E-state index contributed by atoms with van der Waals surface area (Å²) in [6, 6.07) is 1.30. The SMILES string of the molecule is NNC(Cc1cn2ccsc2n1)c1ccncc1F. The van der Waals surface area contributed by atoms with E-state index in [1.807, 2.05) is 22.2 Å². The summed E-state index contributed by atoms with van der Waals surface area (Å²) in [6.45, 7) is 0. The number of nitrogens with zero attached hydrogens (tertiary/aromatic N) is 3. The molecule has 0 saturated carbocycles. The first-order valence-electron chi connectivity index (χ1n) is 5.74. The third-order valence-corrected chi connectivity index (χ3v) is 3.71. The average Bonchev–Trinajstić information content (AvgIpc) is 2.97. The van der Waals surface area contributed by atoms with Crippen LogP contribution in [0.15, 0.2) is 36.2 Å². The van der Waals surface area contributed by atoms with E-state index in [9.17, 15) is 4.39 Å². The van der Waals surface area contributed by atoms with E-state index in [0.29, 0.717) is 12.0 Å². The zero-order chi connectivity index (χ0) is 13.2. The Kier molecular flexibility index (Phi) is 3.24. The maximum Gasteiger partial charge on any atom is 0.193 e. The van der Waals surface area contributed by atoms with Crippen LogP contribution in [0.3, 0.4) is 0 Å². The van der Waals surface area contributed by atoms with Gasteiger partial charge >= 0.3 is 0 Å². The van der Waals surface area contributed by atoms with Crippen LogP contribution in [0, 0.1) is 5.82 Å². The van der Waals surface area contributed by atoms with Gasteiger partial charge < -0.3 is 0 Å². The molecule has 1 unspecified atom stereocenters. The number of hydrazine groups is 1. The summed E-state index contributed by atoms with van der Waals surface area (Å²) >= 11 is 1.56. The first-order valence-corrected chi connectivity index (χ1v) is 6.62. The van der Waals surface area contributed by atoms with Gasteiger partial charge in [-0.3, -0.25) is 20.7 Å². The van der Waals surface area contributed by atoms with E-state index in [1.54, 1.807) is 23.6 Å². The normalized spacial score (nSPS) is 12.9. The summed E-state index contributed by atoms with van der Waals surface area (Å²) in [5.41, 5.74) is 3.99. The van der Waals surface area contributed by atoms with Gasteiger partial charge in [-0.15, -0.1) is 11.3 Å². The molecular formula is C12H12FN5S. The second-order valence-electron chi connectivity index (χ2n) is 4.15. The van der Waals surface area contributed by atoms with Crippen LogP contribution < -0.4 is 11.3 Å². The number of imidazole rings is 1. The Balaban J connectivity index is 1.87. The lowest BCUT2D eigenvalue weighted by Crippen LogP contribution is -2.30. The molecule has 19 heavy (non-hydrogen) atoms.